The maximum atomic E-state index is 14.0. The van der Waals surface area contributed by atoms with Crippen LogP contribution in [0, 0.1) is 5.82 Å². The van der Waals surface area contributed by atoms with Gasteiger partial charge in [0.2, 0.25) is 0 Å². The number of nitrogens with zero attached hydrogens (tertiary/aromatic N) is 6. The van der Waals surface area contributed by atoms with Gasteiger partial charge >= 0.3 is 0 Å². The van der Waals surface area contributed by atoms with Crippen LogP contribution in [0.15, 0.2) is 61.1 Å². The maximum Gasteiger partial charge on any atom is 0.168 e. The number of para-hydroxylation sites is 1. The molecule has 4 aromatic rings. The van der Waals surface area contributed by atoms with Crippen LogP contribution in [0.25, 0.3) is 16.7 Å². The number of piperazine rings is 1. The highest BCUT2D eigenvalue weighted by molar-refractivity contribution is 5.87. The van der Waals surface area contributed by atoms with Crippen molar-refractivity contribution in [1.29, 1.82) is 0 Å². The fourth-order valence-electron chi connectivity index (χ4n) is 4.03. The number of hydrogen-bond donors (Lipinski definition) is 0. The zero-order chi connectivity index (χ0) is 21.2. The minimum atomic E-state index is -0.322. The van der Waals surface area contributed by atoms with E-state index < -0.39 is 0 Å². The lowest BCUT2D eigenvalue weighted by Crippen LogP contribution is -2.46. The molecule has 1 saturated heterocycles. The van der Waals surface area contributed by atoms with Gasteiger partial charge in [-0.15, -0.1) is 0 Å². The number of fused-ring (bicyclic) bond motifs is 1. The summed E-state index contributed by atoms with van der Waals surface area (Å²) in [5.41, 5.74) is 2.71. The quantitative estimate of drug-likeness (QED) is 0.496. The van der Waals surface area contributed by atoms with Gasteiger partial charge in [-0.05, 0) is 29.8 Å². The van der Waals surface area contributed by atoms with Crippen molar-refractivity contribution in [3.05, 3.63) is 72.4 Å². The van der Waals surface area contributed by atoms with E-state index in [1.54, 1.807) is 18.5 Å². The second kappa shape index (κ2) is 8.31. The monoisotopic (exact) mass is 418 g/mol. The van der Waals surface area contributed by atoms with Gasteiger partial charge < -0.3 is 9.64 Å². The summed E-state index contributed by atoms with van der Waals surface area (Å²) in [6, 6.07) is 15.1. The normalized spacial score (nSPS) is 14.8. The fraction of sp³-hybridized carbons (Fsp3) is 0.261. The largest absolute Gasteiger partial charge is 0.494 e. The Bertz CT molecular complexity index is 1190. The minimum absolute atomic E-state index is 0.275. The molecule has 1 aliphatic rings. The number of benzene rings is 2. The van der Waals surface area contributed by atoms with Crippen molar-refractivity contribution >= 4 is 16.9 Å². The van der Waals surface area contributed by atoms with Crippen LogP contribution in [0.5, 0.6) is 5.75 Å². The lowest BCUT2D eigenvalue weighted by molar-refractivity contribution is 0.249. The Morgan fingerprint density at radius 3 is 2.55 bits per heavy atom. The highest BCUT2D eigenvalue weighted by atomic mass is 19.1. The summed E-state index contributed by atoms with van der Waals surface area (Å²) in [6.07, 6.45) is 3.44. The number of methoxy groups -OCH3 is 1. The second-order valence-corrected chi connectivity index (χ2v) is 7.56. The van der Waals surface area contributed by atoms with Gasteiger partial charge in [-0.3, -0.25) is 4.90 Å². The third-order valence-corrected chi connectivity index (χ3v) is 5.64. The van der Waals surface area contributed by atoms with Gasteiger partial charge in [0.05, 0.1) is 24.4 Å². The topological polar surface area (TPSA) is 59.3 Å². The van der Waals surface area contributed by atoms with E-state index in [1.807, 2.05) is 47.3 Å². The third-order valence-electron chi connectivity index (χ3n) is 5.64. The minimum Gasteiger partial charge on any atom is -0.494 e. The van der Waals surface area contributed by atoms with E-state index in [0.29, 0.717) is 6.54 Å². The molecule has 0 aliphatic carbocycles. The third kappa shape index (κ3) is 3.82. The average molecular weight is 418 g/mol. The molecule has 7 nitrogen and oxygen atoms in total. The van der Waals surface area contributed by atoms with Crippen molar-refractivity contribution in [2.45, 2.75) is 6.54 Å². The predicted octanol–water partition coefficient (Wildman–Crippen LogP) is 3.29. The van der Waals surface area contributed by atoms with Crippen LogP contribution in [0.4, 0.5) is 10.2 Å². The zero-order valence-electron chi connectivity index (χ0n) is 17.3. The Kier molecular flexibility index (Phi) is 5.21. The van der Waals surface area contributed by atoms with Crippen molar-refractivity contribution in [1.82, 2.24) is 24.6 Å². The highest BCUT2D eigenvalue weighted by Gasteiger charge is 2.22. The van der Waals surface area contributed by atoms with E-state index >= 15 is 0 Å². The summed E-state index contributed by atoms with van der Waals surface area (Å²) in [6.45, 7) is 4.11. The summed E-state index contributed by atoms with van der Waals surface area (Å²) < 4.78 is 20.8. The zero-order valence-corrected chi connectivity index (χ0v) is 17.3. The standard InChI is InChI=1S/C23H23FN6O/c1-31-21-8-7-17(13-20(21)24)15-28-9-11-29(12-10-28)22-19-14-27-30(23(19)26-16-25-22)18-5-3-2-4-6-18/h2-8,13-14,16H,9-12,15H2,1H3. The summed E-state index contributed by atoms with van der Waals surface area (Å²) >= 11 is 0. The van der Waals surface area contributed by atoms with Gasteiger partial charge in [-0.2, -0.15) is 5.10 Å². The number of ether oxygens (including phenoxy) is 1. The first-order chi connectivity index (χ1) is 15.2. The smallest absolute Gasteiger partial charge is 0.168 e. The van der Waals surface area contributed by atoms with E-state index in [0.717, 1.165) is 54.3 Å². The number of hydrogen-bond acceptors (Lipinski definition) is 6. The van der Waals surface area contributed by atoms with E-state index in [4.69, 9.17) is 4.74 Å². The number of anilines is 1. The Morgan fingerprint density at radius 2 is 1.81 bits per heavy atom. The number of halogens is 1. The molecule has 3 heterocycles. The van der Waals surface area contributed by atoms with Gasteiger partial charge in [0.15, 0.2) is 17.2 Å². The van der Waals surface area contributed by atoms with Gasteiger partial charge in [-0.25, -0.2) is 19.0 Å². The van der Waals surface area contributed by atoms with Crippen molar-refractivity contribution in [3.8, 4) is 11.4 Å². The first kappa shape index (κ1) is 19.4. The van der Waals surface area contributed by atoms with E-state index in [-0.39, 0.29) is 11.6 Å². The van der Waals surface area contributed by atoms with Crippen LogP contribution < -0.4 is 9.64 Å². The summed E-state index contributed by atoms with van der Waals surface area (Å²) in [4.78, 5) is 13.6. The van der Waals surface area contributed by atoms with Gasteiger partial charge in [-0.1, -0.05) is 24.3 Å². The first-order valence-electron chi connectivity index (χ1n) is 10.3. The van der Waals surface area contributed by atoms with Crippen LogP contribution in [0.3, 0.4) is 0 Å². The SMILES string of the molecule is COc1ccc(CN2CCN(c3ncnc4c3cnn4-c3ccccc3)CC2)cc1F. The van der Waals surface area contributed by atoms with E-state index in [2.05, 4.69) is 24.9 Å². The van der Waals surface area contributed by atoms with Crippen LogP contribution >= 0.6 is 0 Å². The Hall–Kier alpha value is -3.52. The molecule has 5 rings (SSSR count). The molecule has 0 atom stereocenters. The fourth-order valence-corrected chi connectivity index (χ4v) is 4.03. The van der Waals surface area contributed by atoms with Crippen molar-refractivity contribution in [2.75, 3.05) is 38.2 Å². The van der Waals surface area contributed by atoms with Crippen molar-refractivity contribution < 1.29 is 9.13 Å². The number of rotatable bonds is 5. The van der Waals surface area contributed by atoms with Crippen LogP contribution in [-0.4, -0.2) is 57.9 Å². The van der Waals surface area contributed by atoms with Gasteiger partial charge in [0.1, 0.15) is 12.1 Å². The molecule has 31 heavy (non-hydrogen) atoms. The molecule has 0 N–H and O–H groups in total. The van der Waals surface area contributed by atoms with E-state index in [9.17, 15) is 4.39 Å². The van der Waals surface area contributed by atoms with Crippen molar-refractivity contribution in [2.24, 2.45) is 0 Å². The first-order valence-corrected chi connectivity index (χ1v) is 10.3. The van der Waals surface area contributed by atoms with Gasteiger partial charge in [0.25, 0.3) is 0 Å². The molecule has 0 unspecified atom stereocenters. The van der Waals surface area contributed by atoms with E-state index in [1.165, 1.54) is 7.11 Å². The Balaban J connectivity index is 1.31. The molecule has 0 radical (unpaired) electrons. The molecule has 158 valence electrons. The molecule has 0 spiro atoms. The van der Waals surface area contributed by atoms with Crippen LogP contribution in [0.2, 0.25) is 0 Å². The lowest BCUT2D eigenvalue weighted by atomic mass is 10.1. The highest BCUT2D eigenvalue weighted by Crippen LogP contribution is 2.26. The molecular formula is C23H23FN6O. The maximum absolute atomic E-state index is 14.0. The lowest BCUT2D eigenvalue weighted by Gasteiger charge is -2.35. The summed E-state index contributed by atoms with van der Waals surface area (Å²) in [7, 11) is 1.48. The average Bonchev–Trinajstić information content (AvgIpc) is 3.25. The molecule has 0 amide bonds. The van der Waals surface area contributed by atoms with Crippen LogP contribution in [0.1, 0.15) is 5.56 Å². The molecule has 8 heteroatoms. The van der Waals surface area contributed by atoms with Crippen molar-refractivity contribution in [3.63, 3.8) is 0 Å². The number of aromatic nitrogens is 4. The molecular weight excluding hydrogens is 395 g/mol. The Labute approximate surface area is 179 Å². The van der Waals surface area contributed by atoms with Gasteiger partial charge in [0, 0.05) is 32.7 Å². The second-order valence-electron chi connectivity index (χ2n) is 7.56. The molecule has 0 bridgehead atoms. The van der Waals surface area contributed by atoms with Crippen LogP contribution in [-0.2, 0) is 6.54 Å². The molecule has 1 fully saturated rings. The molecule has 0 saturated carbocycles. The Morgan fingerprint density at radius 1 is 1.00 bits per heavy atom. The molecule has 1 aliphatic heterocycles. The summed E-state index contributed by atoms with van der Waals surface area (Å²) in [5, 5.41) is 5.49. The molecule has 2 aromatic heterocycles. The summed E-state index contributed by atoms with van der Waals surface area (Å²) in [5.74, 6) is 0.858. The molecule has 2 aromatic carbocycles. The predicted molar refractivity (Wildman–Crippen MR) is 117 cm³/mol.